The minimum Gasteiger partial charge on any atom is -0.475 e. The van der Waals surface area contributed by atoms with Crippen molar-refractivity contribution in [3.8, 4) is 11.3 Å². The first-order valence-electron chi connectivity index (χ1n) is 9.52. The molecule has 0 radical (unpaired) electrons. The number of likely N-dealkylation sites (tertiary alicyclic amines) is 1. The molecule has 1 aliphatic heterocycles. The van der Waals surface area contributed by atoms with Crippen molar-refractivity contribution in [2.75, 3.05) is 13.1 Å². The molecule has 1 saturated heterocycles. The van der Waals surface area contributed by atoms with Gasteiger partial charge in [0.05, 0.1) is 5.69 Å². The molecule has 8 heteroatoms. The highest BCUT2D eigenvalue weighted by molar-refractivity contribution is 5.90. The van der Waals surface area contributed by atoms with Crippen LogP contribution in [0.2, 0.25) is 0 Å². The van der Waals surface area contributed by atoms with Crippen LogP contribution in [0.25, 0.3) is 11.3 Å². The molecule has 0 saturated carbocycles. The number of aromatic carboxylic acids is 1. The van der Waals surface area contributed by atoms with Gasteiger partial charge < -0.3 is 19.2 Å². The minimum absolute atomic E-state index is 0.000560. The SMILES string of the molecule is Cc1c(C(=O)O)oc2c1-c1nn(CC3CN(C(=O)OC(C)(C)C)C3)cc1CC2. The van der Waals surface area contributed by atoms with Crippen molar-refractivity contribution in [3.63, 3.8) is 0 Å². The Labute approximate surface area is 163 Å². The summed E-state index contributed by atoms with van der Waals surface area (Å²) < 4.78 is 12.8. The number of carbonyl (C=O) groups is 2. The normalized spacial score (nSPS) is 16.4. The highest BCUT2D eigenvalue weighted by Crippen LogP contribution is 2.38. The Hall–Kier alpha value is -2.77. The van der Waals surface area contributed by atoms with Crippen LogP contribution in [0.15, 0.2) is 10.6 Å². The van der Waals surface area contributed by atoms with Crippen molar-refractivity contribution in [2.45, 2.75) is 52.7 Å². The maximum Gasteiger partial charge on any atom is 0.410 e. The fourth-order valence-electron chi connectivity index (χ4n) is 3.89. The van der Waals surface area contributed by atoms with E-state index in [1.54, 1.807) is 11.8 Å². The van der Waals surface area contributed by atoms with Gasteiger partial charge in [-0.05, 0) is 39.7 Å². The van der Waals surface area contributed by atoms with Crippen LogP contribution in [-0.4, -0.2) is 50.5 Å². The van der Waals surface area contributed by atoms with Gasteiger partial charge in [0.1, 0.15) is 11.4 Å². The van der Waals surface area contributed by atoms with Gasteiger partial charge in [-0.15, -0.1) is 0 Å². The molecule has 4 rings (SSSR count). The number of aromatic nitrogens is 2. The van der Waals surface area contributed by atoms with Gasteiger partial charge in [0, 0.05) is 49.3 Å². The number of aryl methyl sites for hydroxylation is 2. The summed E-state index contributed by atoms with van der Waals surface area (Å²) in [4.78, 5) is 25.1. The van der Waals surface area contributed by atoms with E-state index in [-0.39, 0.29) is 11.9 Å². The number of hydrogen-bond donors (Lipinski definition) is 1. The van der Waals surface area contributed by atoms with Gasteiger partial charge >= 0.3 is 12.1 Å². The quantitative estimate of drug-likeness (QED) is 0.869. The summed E-state index contributed by atoms with van der Waals surface area (Å²) in [5.41, 5.74) is 2.89. The number of hydrogen-bond acceptors (Lipinski definition) is 5. The standard InChI is InChI=1S/C20H25N3O5/c1-11-15-14(27-17(11)18(24)25)6-5-13-10-23(21-16(13)15)9-12-7-22(8-12)19(26)28-20(2,3)4/h10,12H,5-9H2,1-4H3,(H,24,25). The van der Waals surface area contributed by atoms with Gasteiger partial charge in [-0.1, -0.05) is 0 Å². The molecule has 1 aliphatic carbocycles. The Morgan fingerprint density at radius 2 is 2.04 bits per heavy atom. The highest BCUT2D eigenvalue weighted by atomic mass is 16.6. The number of nitrogens with zero attached hydrogens (tertiary/aromatic N) is 3. The Morgan fingerprint density at radius 1 is 1.32 bits per heavy atom. The smallest absolute Gasteiger partial charge is 0.410 e. The Bertz CT molecular complexity index is 944. The molecular formula is C20H25N3O5. The van der Waals surface area contributed by atoms with Gasteiger partial charge in [-0.3, -0.25) is 4.68 Å². The molecule has 0 bridgehead atoms. The van der Waals surface area contributed by atoms with Crippen LogP contribution in [-0.2, 0) is 24.1 Å². The van der Waals surface area contributed by atoms with E-state index in [9.17, 15) is 14.7 Å². The maximum absolute atomic E-state index is 12.1. The fourth-order valence-corrected chi connectivity index (χ4v) is 3.89. The second-order valence-corrected chi connectivity index (χ2v) is 8.64. The van der Waals surface area contributed by atoms with Crippen LogP contribution < -0.4 is 0 Å². The lowest BCUT2D eigenvalue weighted by Crippen LogP contribution is -2.52. The lowest BCUT2D eigenvalue weighted by Gasteiger charge is -2.39. The number of carbonyl (C=O) groups excluding carboxylic acids is 1. The summed E-state index contributed by atoms with van der Waals surface area (Å²) in [6, 6.07) is 0. The first-order valence-corrected chi connectivity index (χ1v) is 9.52. The summed E-state index contributed by atoms with van der Waals surface area (Å²) in [5.74, 6) is -0.0234. The predicted octanol–water partition coefficient (Wildman–Crippen LogP) is 3.12. The second-order valence-electron chi connectivity index (χ2n) is 8.64. The van der Waals surface area contributed by atoms with Crippen LogP contribution in [0.4, 0.5) is 4.79 Å². The monoisotopic (exact) mass is 387 g/mol. The lowest BCUT2D eigenvalue weighted by atomic mass is 9.94. The zero-order valence-electron chi connectivity index (χ0n) is 16.6. The summed E-state index contributed by atoms with van der Waals surface area (Å²) in [7, 11) is 0. The highest BCUT2D eigenvalue weighted by Gasteiger charge is 2.35. The molecule has 2 aliphatic rings. The number of carboxylic acids is 1. The van der Waals surface area contributed by atoms with E-state index in [0.717, 1.165) is 23.2 Å². The molecule has 1 amide bonds. The van der Waals surface area contributed by atoms with Crippen molar-refractivity contribution >= 4 is 12.1 Å². The van der Waals surface area contributed by atoms with Crippen molar-refractivity contribution < 1.29 is 23.8 Å². The van der Waals surface area contributed by atoms with E-state index >= 15 is 0 Å². The summed E-state index contributed by atoms with van der Waals surface area (Å²) >= 11 is 0. The Kier molecular flexibility index (Phi) is 4.24. The number of carboxylic acid groups (broad SMARTS) is 1. The minimum atomic E-state index is -1.05. The molecule has 0 spiro atoms. The third-order valence-corrected chi connectivity index (χ3v) is 5.16. The Morgan fingerprint density at radius 3 is 2.68 bits per heavy atom. The van der Waals surface area contributed by atoms with Crippen molar-refractivity contribution in [2.24, 2.45) is 5.92 Å². The number of rotatable bonds is 3. The van der Waals surface area contributed by atoms with Gasteiger partial charge in [0.2, 0.25) is 5.76 Å². The summed E-state index contributed by atoms with van der Waals surface area (Å²) in [5, 5.41) is 14.0. The molecule has 28 heavy (non-hydrogen) atoms. The van der Waals surface area contributed by atoms with E-state index in [4.69, 9.17) is 14.3 Å². The van der Waals surface area contributed by atoms with Gasteiger partial charge in [0.15, 0.2) is 0 Å². The van der Waals surface area contributed by atoms with Crippen LogP contribution in [0.3, 0.4) is 0 Å². The van der Waals surface area contributed by atoms with E-state index < -0.39 is 11.6 Å². The molecule has 2 aromatic rings. The van der Waals surface area contributed by atoms with Crippen molar-refractivity contribution in [1.82, 2.24) is 14.7 Å². The Balaban J connectivity index is 1.45. The van der Waals surface area contributed by atoms with E-state index in [0.29, 0.717) is 43.3 Å². The zero-order chi connectivity index (χ0) is 20.2. The van der Waals surface area contributed by atoms with E-state index in [2.05, 4.69) is 0 Å². The molecule has 0 atom stereocenters. The third kappa shape index (κ3) is 3.27. The molecule has 8 nitrogen and oxygen atoms in total. The molecule has 0 unspecified atom stereocenters. The van der Waals surface area contributed by atoms with Crippen LogP contribution in [0.1, 0.15) is 48.2 Å². The topological polar surface area (TPSA) is 97.8 Å². The van der Waals surface area contributed by atoms with Crippen LogP contribution in [0, 0.1) is 12.8 Å². The number of fused-ring (bicyclic) bond motifs is 3. The van der Waals surface area contributed by atoms with Crippen molar-refractivity contribution in [1.29, 1.82) is 0 Å². The first-order chi connectivity index (χ1) is 13.1. The molecule has 150 valence electrons. The molecule has 2 aromatic heterocycles. The van der Waals surface area contributed by atoms with E-state index in [1.807, 2.05) is 31.6 Å². The van der Waals surface area contributed by atoms with Crippen molar-refractivity contribution in [3.05, 3.63) is 28.8 Å². The van der Waals surface area contributed by atoms with Crippen LogP contribution >= 0.6 is 0 Å². The summed E-state index contributed by atoms with van der Waals surface area (Å²) in [6.07, 6.45) is 3.21. The predicted molar refractivity (Wildman–Crippen MR) is 100 cm³/mol. The van der Waals surface area contributed by atoms with E-state index in [1.165, 1.54) is 0 Å². The fraction of sp³-hybridized carbons (Fsp3) is 0.550. The molecule has 1 N–H and O–H groups in total. The summed E-state index contributed by atoms with van der Waals surface area (Å²) in [6.45, 7) is 9.36. The molecule has 1 fully saturated rings. The number of ether oxygens (including phenoxy) is 1. The lowest BCUT2D eigenvalue weighted by molar-refractivity contribution is -0.00384. The van der Waals surface area contributed by atoms with Gasteiger partial charge in [0.25, 0.3) is 0 Å². The largest absolute Gasteiger partial charge is 0.475 e. The first kappa shape index (κ1) is 18.6. The van der Waals surface area contributed by atoms with Gasteiger partial charge in [-0.2, -0.15) is 5.10 Å². The molecule has 0 aromatic carbocycles. The third-order valence-electron chi connectivity index (χ3n) is 5.16. The number of furan rings is 1. The number of amides is 1. The average molecular weight is 387 g/mol. The van der Waals surface area contributed by atoms with Crippen LogP contribution in [0.5, 0.6) is 0 Å². The molecule has 3 heterocycles. The average Bonchev–Trinajstić information content (AvgIpc) is 3.09. The van der Waals surface area contributed by atoms with Gasteiger partial charge in [-0.25, -0.2) is 9.59 Å². The zero-order valence-corrected chi connectivity index (χ0v) is 16.6. The maximum atomic E-state index is 12.1. The second kappa shape index (κ2) is 6.39. The molecular weight excluding hydrogens is 362 g/mol.